The molecule has 10 heteroatoms. The Morgan fingerprint density at radius 1 is 0.750 bits per heavy atom. The highest BCUT2D eigenvalue weighted by Gasteiger charge is 2.29. The average Bonchev–Trinajstić information content (AvgIpc) is 2.91. The number of sulfonamides is 1. The fourth-order valence-electron chi connectivity index (χ4n) is 4.78. The van der Waals surface area contributed by atoms with E-state index in [0.29, 0.717) is 43.6 Å². The van der Waals surface area contributed by atoms with Crippen LogP contribution in [0.4, 0.5) is 5.95 Å². The Morgan fingerprint density at radius 2 is 1.33 bits per heavy atom. The van der Waals surface area contributed by atoms with Crippen molar-refractivity contribution in [1.82, 2.24) is 24.1 Å². The number of nitrogens with one attached hydrogen (secondary N) is 1. The van der Waals surface area contributed by atoms with Gasteiger partial charge < -0.3 is 4.90 Å². The molecule has 9 nitrogen and oxygen atoms in total. The molecule has 2 aromatic carbocycles. The van der Waals surface area contributed by atoms with Crippen LogP contribution in [0.1, 0.15) is 11.3 Å². The van der Waals surface area contributed by atoms with Gasteiger partial charge in [-0.05, 0) is 17.7 Å². The maximum atomic E-state index is 12.9. The molecular formula is C26H32N6O3S. The highest BCUT2D eigenvalue weighted by molar-refractivity contribution is 7.89. The van der Waals surface area contributed by atoms with Crippen LogP contribution in [-0.2, 0) is 23.1 Å². The molecule has 0 amide bonds. The van der Waals surface area contributed by atoms with E-state index in [9.17, 15) is 13.2 Å². The summed E-state index contributed by atoms with van der Waals surface area (Å²) < 4.78 is 27.3. The van der Waals surface area contributed by atoms with E-state index in [2.05, 4.69) is 39.0 Å². The van der Waals surface area contributed by atoms with Crippen LogP contribution in [0.3, 0.4) is 0 Å². The minimum absolute atomic E-state index is 0.183. The molecule has 0 atom stereocenters. The van der Waals surface area contributed by atoms with Crippen LogP contribution in [0.25, 0.3) is 0 Å². The van der Waals surface area contributed by atoms with Crippen LogP contribution >= 0.6 is 0 Å². The van der Waals surface area contributed by atoms with E-state index in [1.165, 1.54) is 9.87 Å². The molecule has 3 heterocycles. The second kappa shape index (κ2) is 10.9. The first-order chi connectivity index (χ1) is 17.5. The molecule has 5 rings (SSSR count). The lowest BCUT2D eigenvalue weighted by atomic mass is 10.2. The zero-order valence-corrected chi connectivity index (χ0v) is 21.1. The third-order valence-electron chi connectivity index (χ3n) is 6.80. The molecule has 2 saturated heterocycles. The van der Waals surface area contributed by atoms with Crippen LogP contribution in [0, 0.1) is 0 Å². The molecule has 1 aromatic heterocycles. The van der Waals surface area contributed by atoms with Crippen molar-refractivity contribution in [2.45, 2.75) is 18.0 Å². The van der Waals surface area contributed by atoms with E-state index in [1.807, 2.05) is 11.0 Å². The Bertz CT molecular complexity index is 1300. The molecule has 0 aliphatic carbocycles. The first-order valence-electron chi connectivity index (χ1n) is 12.4. The summed E-state index contributed by atoms with van der Waals surface area (Å²) in [5.74, 6) is 0.511. The van der Waals surface area contributed by atoms with Gasteiger partial charge in [0.25, 0.3) is 5.56 Å². The molecule has 2 aliphatic heterocycles. The van der Waals surface area contributed by atoms with E-state index < -0.39 is 10.0 Å². The molecular weight excluding hydrogens is 476 g/mol. The van der Waals surface area contributed by atoms with Gasteiger partial charge in [-0.3, -0.25) is 19.6 Å². The number of nitrogens with zero attached hydrogens (tertiary/aromatic N) is 5. The average molecular weight is 509 g/mol. The fraction of sp³-hybridized carbons (Fsp3) is 0.385. The predicted molar refractivity (Wildman–Crippen MR) is 139 cm³/mol. The number of piperazine rings is 2. The van der Waals surface area contributed by atoms with Gasteiger partial charge in [0.2, 0.25) is 16.0 Å². The summed E-state index contributed by atoms with van der Waals surface area (Å²) in [6.07, 6.45) is 0. The normalized spacial score (nSPS) is 18.4. The van der Waals surface area contributed by atoms with Gasteiger partial charge in [-0.15, -0.1) is 0 Å². The Labute approximate surface area is 212 Å². The summed E-state index contributed by atoms with van der Waals surface area (Å²) in [6.45, 7) is 6.99. The van der Waals surface area contributed by atoms with Crippen molar-refractivity contribution >= 4 is 16.0 Å². The molecule has 2 fully saturated rings. The number of hydrogen-bond acceptors (Lipinski definition) is 7. The van der Waals surface area contributed by atoms with E-state index in [1.54, 1.807) is 36.4 Å². The molecule has 1 N–H and O–H groups in total. The number of anilines is 1. The number of H-pyrrole nitrogens is 1. The second-order valence-corrected chi connectivity index (χ2v) is 11.2. The summed E-state index contributed by atoms with van der Waals surface area (Å²) in [7, 11) is -3.52. The molecule has 190 valence electrons. The first-order valence-corrected chi connectivity index (χ1v) is 13.8. The lowest BCUT2D eigenvalue weighted by Gasteiger charge is -2.35. The lowest BCUT2D eigenvalue weighted by Crippen LogP contribution is -2.49. The van der Waals surface area contributed by atoms with Gasteiger partial charge in [-0.1, -0.05) is 48.5 Å². The van der Waals surface area contributed by atoms with Crippen molar-refractivity contribution in [3.63, 3.8) is 0 Å². The van der Waals surface area contributed by atoms with Crippen LogP contribution < -0.4 is 10.5 Å². The third-order valence-corrected chi connectivity index (χ3v) is 8.71. The Kier molecular flexibility index (Phi) is 7.47. The molecule has 0 saturated carbocycles. The largest absolute Gasteiger partial charge is 0.340 e. The number of aromatic nitrogens is 2. The Balaban J connectivity index is 1.17. The molecule has 0 spiro atoms. The minimum Gasteiger partial charge on any atom is -0.340 e. The van der Waals surface area contributed by atoms with Gasteiger partial charge in [-0.2, -0.15) is 4.31 Å². The summed E-state index contributed by atoms with van der Waals surface area (Å²) in [5.41, 5.74) is 1.88. The summed E-state index contributed by atoms with van der Waals surface area (Å²) in [6, 6.07) is 20.6. The highest BCUT2D eigenvalue weighted by atomic mass is 32.2. The molecule has 36 heavy (non-hydrogen) atoms. The molecule has 3 aromatic rings. The summed E-state index contributed by atoms with van der Waals surface area (Å²) in [5, 5.41) is 0. The smallest absolute Gasteiger partial charge is 0.252 e. The number of benzene rings is 2. The van der Waals surface area contributed by atoms with E-state index in [-0.39, 0.29) is 5.56 Å². The van der Waals surface area contributed by atoms with Crippen molar-refractivity contribution in [2.75, 3.05) is 57.3 Å². The standard InChI is InChI=1S/C26H32N6O3S/c33-25-19-23(21-30-13-11-29(12-14-30)20-22-7-3-1-4-8-22)27-26(28-25)31-15-17-32(18-16-31)36(34,35)24-9-5-2-6-10-24/h1-10,19H,11-18,20-21H2,(H,27,28,33). The van der Waals surface area contributed by atoms with Crippen molar-refractivity contribution < 1.29 is 8.42 Å². The zero-order valence-electron chi connectivity index (χ0n) is 20.3. The highest BCUT2D eigenvalue weighted by Crippen LogP contribution is 2.19. The van der Waals surface area contributed by atoms with Crippen molar-refractivity contribution in [2.24, 2.45) is 0 Å². The molecule has 2 aliphatic rings. The third kappa shape index (κ3) is 5.84. The van der Waals surface area contributed by atoms with E-state index in [0.717, 1.165) is 38.4 Å². The van der Waals surface area contributed by atoms with Gasteiger partial charge in [0, 0.05) is 71.5 Å². The molecule has 0 radical (unpaired) electrons. The summed E-state index contributed by atoms with van der Waals surface area (Å²) >= 11 is 0. The van der Waals surface area contributed by atoms with Gasteiger partial charge in [-0.25, -0.2) is 13.4 Å². The first kappa shape index (κ1) is 24.6. The van der Waals surface area contributed by atoms with Crippen LogP contribution in [0.15, 0.2) is 76.4 Å². The predicted octanol–water partition coefficient (Wildman–Crippen LogP) is 1.60. The van der Waals surface area contributed by atoms with E-state index in [4.69, 9.17) is 4.98 Å². The van der Waals surface area contributed by atoms with Crippen molar-refractivity contribution in [3.05, 3.63) is 88.3 Å². The number of hydrogen-bond donors (Lipinski definition) is 1. The summed E-state index contributed by atoms with van der Waals surface area (Å²) in [4.78, 5) is 27.0. The van der Waals surface area contributed by atoms with Gasteiger partial charge in [0.1, 0.15) is 0 Å². The van der Waals surface area contributed by atoms with Crippen molar-refractivity contribution in [1.29, 1.82) is 0 Å². The monoisotopic (exact) mass is 508 g/mol. The SMILES string of the molecule is O=c1cc(CN2CCN(Cc3ccccc3)CC2)nc(N2CCN(S(=O)(=O)c3ccccc3)CC2)[nH]1. The number of rotatable bonds is 7. The van der Waals surface area contributed by atoms with Crippen molar-refractivity contribution in [3.8, 4) is 0 Å². The van der Waals surface area contributed by atoms with Crippen LogP contribution in [0.2, 0.25) is 0 Å². The Hall–Kier alpha value is -3.05. The fourth-order valence-corrected chi connectivity index (χ4v) is 6.23. The van der Waals surface area contributed by atoms with Crippen LogP contribution in [-0.4, -0.2) is 84.8 Å². The van der Waals surface area contributed by atoms with E-state index >= 15 is 0 Å². The topological polar surface area (TPSA) is 92.8 Å². The quantitative estimate of drug-likeness (QED) is 0.518. The second-order valence-electron chi connectivity index (χ2n) is 9.30. The lowest BCUT2D eigenvalue weighted by molar-refractivity contribution is 0.121. The number of aromatic amines is 1. The zero-order chi connectivity index (χ0) is 25.0. The van der Waals surface area contributed by atoms with Gasteiger partial charge in [0.15, 0.2) is 0 Å². The van der Waals surface area contributed by atoms with Gasteiger partial charge in [0.05, 0.1) is 10.6 Å². The van der Waals surface area contributed by atoms with Gasteiger partial charge >= 0.3 is 0 Å². The minimum atomic E-state index is -3.52. The van der Waals surface area contributed by atoms with Crippen LogP contribution in [0.5, 0.6) is 0 Å². The Morgan fingerprint density at radius 3 is 1.97 bits per heavy atom. The maximum absolute atomic E-state index is 12.9. The molecule has 0 bridgehead atoms. The molecule has 0 unspecified atom stereocenters. The maximum Gasteiger partial charge on any atom is 0.252 e.